The van der Waals surface area contributed by atoms with Crippen molar-refractivity contribution < 1.29 is 19.7 Å². The van der Waals surface area contributed by atoms with Gasteiger partial charge < -0.3 is 19.7 Å². The highest BCUT2D eigenvalue weighted by Gasteiger charge is 2.48. The summed E-state index contributed by atoms with van der Waals surface area (Å²) in [4.78, 5) is 0. The Hall–Kier alpha value is -0.160. The Balaban J connectivity index is 2.15. The average Bonchev–Trinajstić information content (AvgIpc) is 2.37. The summed E-state index contributed by atoms with van der Waals surface area (Å²) >= 11 is 0. The highest BCUT2D eigenvalue weighted by Crippen LogP contribution is 2.28. The second kappa shape index (κ2) is 1.67. The van der Waals surface area contributed by atoms with Crippen molar-refractivity contribution in [1.29, 1.82) is 0 Å². The summed E-state index contributed by atoms with van der Waals surface area (Å²) in [6.07, 6.45) is -2.47. The van der Waals surface area contributed by atoms with Crippen LogP contribution in [0.15, 0.2) is 0 Å². The predicted octanol–water partition coefficient (Wildman–Crippen LogP) is -1.54. The van der Waals surface area contributed by atoms with E-state index in [2.05, 4.69) is 0 Å². The third-order valence-electron chi connectivity index (χ3n) is 1.74. The van der Waals surface area contributed by atoms with Gasteiger partial charge in [0, 0.05) is 0 Å². The van der Waals surface area contributed by atoms with Crippen molar-refractivity contribution in [2.24, 2.45) is 0 Å². The minimum atomic E-state index is -0.844. The van der Waals surface area contributed by atoms with E-state index < -0.39 is 18.5 Å². The number of aliphatic hydroxyl groups excluding tert-OH is 2. The zero-order chi connectivity index (χ0) is 6.43. The van der Waals surface area contributed by atoms with Crippen LogP contribution in [0.1, 0.15) is 0 Å². The van der Waals surface area contributed by atoms with Crippen molar-refractivity contribution in [2.45, 2.75) is 24.6 Å². The van der Waals surface area contributed by atoms with Crippen molar-refractivity contribution in [3.63, 3.8) is 0 Å². The molecule has 4 nitrogen and oxygen atoms in total. The van der Waals surface area contributed by atoms with Crippen molar-refractivity contribution in [3.8, 4) is 0 Å². The number of rotatable bonds is 0. The van der Waals surface area contributed by atoms with Gasteiger partial charge in [-0.15, -0.1) is 0 Å². The van der Waals surface area contributed by atoms with Gasteiger partial charge in [-0.25, -0.2) is 0 Å². The zero-order valence-corrected chi connectivity index (χ0v) is 4.73. The maximum Gasteiger partial charge on any atom is 0.186 e. The van der Waals surface area contributed by atoms with Gasteiger partial charge in [0.2, 0.25) is 0 Å². The Bertz CT molecular complexity index is 108. The fourth-order valence-electron chi connectivity index (χ4n) is 1.18. The van der Waals surface area contributed by atoms with E-state index in [9.17, 15) is 0 Å². The van der Waals surface area contributed by atoms with Crippen LogP contribution in [0, 0.1) is 0 Å². The Morgan fingerprint density at radius 1 is 1.22 bits per heavy atom. The summed E-state index contributed by atoms with van der Waals surface area (Å²) in [5, 5.41) is 18.0. The van der Waals surface area contributed by atoms with E-state index in [0.29, 0.717) is 6.61 Å². The topological polar surface area (TPSA) is 58.9 Å². The lowest BCUT2D eigenvalue weighted by Gasteiger charge is -2.17. The second-order valence-corrected chi connectivity index (χ2v) is 2.36. The molecular formula is C5H8O4. The summed E-state index contributed by atoms with van der Waals surface area (Å²) in [6, 6.07) is 0. The minimum absolute atomic E-state index is 0.301. The van der Waals surface area contributed by atoms with Crippen LogP contribution in [0.4, 0.5) is 0 Å². The molecule has 0 radical (unpaired) electrons. The summed E-state index contributed by atoms with van der Waals surface area (Å²) in [7, 11) is 0. The summed E-state index contributed by atoms with van der Waals surface area (Å²) in [5.74, 6) is 0. The first-order valence-electron chi connectivity index (χ1n) is 2.92. The van der Waals surface area contributed by atoms with Gasteiger partial charge >= 0.3 is 0 Å². The Kier molecular flexibility index (Phi) is 1.04. The van der Waals surface area contributed by atoms with Crippen molar-refractivity contribution in [1.82, 2.24) is 0 Å². The Morgan fingerprint density at radius 3 is 2.33 bits per heavy atom. The SMILES string of the molecule is O[C@H]1[C@H]2OC[C@H](O2)[C@H]1O. The van der Waals surface area contributed by atoms with E-state index >= 15 is 0 Å². The van der Waals surface area contributed by atoms with Crippen LogP contribution in [0.2, 0.25) is 0 Å². The molecule has 2 bridgehead atoms. The Labute approximate surface area is 52.0 Å². The van der Waals surface area contributed by atoms with E-state index in [1.54, 1.807) is 0 Å². The van der Waals surface area contributed by atoms with Crippen LogP contribution in [0.5, 0.6) is 0 Å². The lowest BCUT2D eigenvalue weighted by Crippen LogP contribution is -2.39. The molecule has 0 aromatic heterocycles. The minimum Gasteiger partial charge on any atom is -0.387 e. The van der Waals surface area contributed by atoms with Crippen molar-refractivity contribution in [3.05, 3.63) is 0 Å². The molecule has 0 spiro atoms. The first-order valence-corrected chi connectivity index (χ1v) is 2.92. The van der Waals surface area contributed by atoms with Crippen LogP contribution in [-0.2, 0) is 9.47 Å². The fraction of sp³-hybridized carbons (Fsp3) is 1.00. The Morgan fingerprint density at radius 2 is 2.00 bits per heavy atom. The van der Waals surface area contributed by atoms with Crippen LogP contribution < -0.4 is 0 Å². The van der Waals surface area contributed by atoms with Gasteiger partial charge in [0.25, 0.3) is 0 Å². The molecule has 52 valence electrons. The molecule has 0 saturated carbocycles. The third kappa shape index (κ3) is 0.616. The lowest BCUT2D eigenvalue weighted by molar-refractivity contribution is -0.111. The molecule has 9 heavy (non-hydrogen) atoms. The molecule has 4 atom stereocenters. The third-order valence-corrected chi connectivity index (χ3v) is 1.74. The molecule has 0 aromatic rings. The molecule has 2 N–H and O–H groups in total. The molecule has 0 amide bonds. The van der Waals surface area contributed by atoms with E-state index in [0.717, 1.165) is 0 Å². The van der Waals surface area contributed by atoms with Crippen molar-refractivity contribution in [2.75, 3.05) is 6.61 Å². The van der Waals surface area contributed by atoms with Gasteiger partial charge in [-0.05, 0) is 0 Å². The molecule has 2 heterocycles. The van der Waals surface area contributed by atoms with Gasteiger partial charge in [0.1, 0.15) is 18.3 Å². The molecule has 4 heteroatoms. The largest absolute Gasteiger partial charge is 0.387 e. The second-order valence-electron chi connectivity index (χ2n) is 2.36. The summed E-state index contributed by atoms with van der Waals surface area (Å²) < 4.78 is 9.88. The summed E-state index contributed by atoms with van der Waals surface area (Å²) in [5.41, 5.74) is 0. The number of hydrogen-bond donors (Lipinski definition) is 2. The number of aliphatic hydroxyl groups is 2. The van der Waals surface area contributed by atoms with Gasteiger partial charge in [0.05, 0.1) is 6.61 Å². The highest BCUT2D eigenvalue weighted by atomic mass is 16.7. The molecule has 2 saturated heterocycles. The number of fused-ring (bicyclic) bond motifs is 2. The average molecular weight is 132 g/mol. The van der Waals surface area contributed by atoms with Gasteiger partial charge in [-0.3, -0.25) is 0 Å². The first-order chi connectivity index (χ1) is 4.29. The van der Waals surface area contributed by atoms with Gasteiger partial charge in [0.15, 0.2) is 6.29 Å². The lowest BCUT2D eigenvalue weighted by atomic mass is 10.1. The molecule has 2 fully saturated rings. The van der Waals surface area contributed by atoms with E-state index in [1.807, 2.05) is 0 Å². The molecule has 2 aliphatic rings. The van der Waals surface area contributed by atoms with Crippen molar-refractivity contribution >= 4 is 0 Å². The van der Waals surface area contributed by atoms with Crippen LogP contribution in [0.3, 0.4) is 0 Å². The normalized spacial score (nSPS) is 56.7. The van der Waals surface area contributed by atoms with E-state index in [1.165, 1.54) is 0 Å². The first kappa shape index (κ1) is 5.61. The molecule has 2 rings (SSSR count). The highest BCUT2D eigenvalue weighted by molar-refractivity contribution is 4.90. The molecule has 0 aliphatic carbocycles. The van der Waals surface area contributed by atoms with Crippen LogP contribution >= 0.6 is 0 Å². The predicted molar refractivity (Wildman–Crippen MR) is 26.6 cm³/mol. The smallest absolute Gasteiger partial charge is 0.186 e. The molecule has 0 unspecified atom stereocenters. The van der Waals surface area contributed by atoms with Crippen LogP contribution in [0.25, 0.3) is 0 Å². The van der Waals surface area contributed by atoms with E-state index in [-0.39, 0.29) is 6.10 Å². The van der Waals surface area contributed by atoms with Crippen LogP contribution in [-0.4, -0.2) is 41.4 Å². The number of hydrogen-bond acceptors (Lipinski definition) is 4. The molecule has 0 aromatic carbocycles. The number of ether oxygens (including phenoxy) is 2. The van der Waals surface area contributed by atoms with Gasteiger partial charge in [-0.1, -0.05) is 0 Å². The monoisotopic (exact) mass is 132 g/mol. The maximum atomic E-state index is 9.03. The maximum absolute atomic E-state index is 9.03. The summed E-state index contributed by atoms with van der Waals surface area (Å²) in [6.45, 7) is 0.406. The standard InChI is InChI=1S/C5H8O4/c6-3-2-1-8-5(9-2)4(3)7/h2-7H,1H2/t2-,3+,4+,5-/m0/s1. The molecular weight excluding hydrogens is 124 g/mol. The quantitative estimate of drug-likeness (QED) is 0.419. The van der Waals surface area contributed by atoms with E-state index in [4.69, 9.17) is 19.7 Å². The molecule has 2 aliphatic heterocycles. The van der Waals surface area contributed by atoms with Gasteiger partial charge in [-0.2, -0.15) is 0 Å². The fourth-order valence-corrected chi connectivity index (χ4v) is 1.18. The zero-order valence-electron chi connectivity index (χ0n) is 4.73.